The van der Waals surface area contributed by atoms with Crippen LogP contribution < -0.4 is 9.64 Å². The molecule has 1 aliphatic rings. The van der Waals surface area contributed by atoms with Crippen LogP contribution in [-0.2, 0) is 16.6 Å². The van der Waals surface area contributed by atoms with Crippen molar-refractivity contribution in [2.45, 2.75) is 38.1 Å². The number of hydrogen-bond acceptors (Lipinski definition) is 7. The van der Waals surface area contributed by atoms with Crippen molar-refractivity contribution in [3.63, 3.8) is 0 Å². The summed E-state index contributed by atoms with van der Waals surface area (Å²) in [4.78, 5) is 24.8. The SMILES string of the molecule is COc1ccc(C)c2sc(N(Cc3ccccn3)C(=O)c3ccc(S(=O)(=O)N4CCC(C)CC4)cc3)nc12. The number of pyridine rings is 1. The number of aryl methyl sites for hydroxylation is 1. The van der Waals surface area contributed by atoms with Crippen LogP contribution in [0.5, 0.6) is 5.75 Å². The van der Waals surface area contributed by atoms with Gasteiger partial charge in [0.2, 0.25) is 10.0 Å². The number of anilines is 1. The number of thiazole rings is 1. The number of nitrogens with zero attached hydrogens (tertiary/aromatic N) is 4. The highest BCUT2D eigenvalue weighted by Crippen LogP contribution is 2.37. The molecule has 0 atom stereocenters. The lowest BCUT2D eigenvalue weighted by molar-refractivity contribution is 0.0984. The molecule has 38 heavy (non-hydrogen) atoms. The van der Waals surface area contributed by atoms with Crippen LogP contribution in [0.4, 0.5) is 5.13 Å². The Bertz CT molecular complexity index is 1550. The lowest BCUT2D eigenvalue weighted by Crippen LogP contribution is -2.37. The second-order valence-corrected chi connectivity index (χ2v) is 12.5. The molecule has 10 heteroatoms. The number of hydrogen-bond donors (Lipinski definition) is 0. The zero-order chi connectivity index (χ0) is 26.9. The fourth-order valence-corrected chi connectivity index (χ4v) is 7.08. The Hall–Kier alpha value is -3.34. The van der Waals surface area contributed by atoms with Crippen molar-refractivity contribution < 1.29 is 17.9 Å². The number of fused-ring (bicyclic) bond motifs is 1. The number of carbonyl (C=O) groups is 1. The summed E-state index contributed by atoms with van der Waals surface area (Å²) in [7, 11) is -2.01. The molecule has 8 nitrogen and oxygen atoms in total. The lowest BCUT2D eigenvalue weighted by Gasteiger charge is -2.29. The number of methoxy groups -OCH3 is 1. The van der Waals surface area contributed by atoms with Crippen molar-refractivity contribution in [2.24, 2.45) is 5.92 Å². The predicted molar refractivity (Wildman–Crippen MR) is 149 cm³/mol. The number of amides is 1. The summed E-state index contributed by atoms with van der Waals surface area (Å²) in [6.45, 7) is 5.39. The summed E-state index contributed by atoms with van der Waals surface area (Å²) in [5, 5.41) is 0.516. The first-order valence-corrected chi connectivity index (χ1v) is 14.8. The molecule has 1 amide bonds. The third kappa shape index (κ3) is 5.16. The number of aromatic nitrogens is 2. The van der Waals surface area contributed by atoms with Gasteiger partial charge in [0, 0.05) is 24.8 Å². The monoisotopic (exact) mass is 550 g/mol. The van der Waals surface area contributed by atoms with E-state index < -0.39 is 10.0 Å². The van der Waals surface area contributed by atoms with Crippen LogP contribution in [0.25, 0.3) is 10.2 Å². The van der Waals surface area contributed by atoms with Gasteiger partial charge in [0.15, 0.2) is 5.13 Å². The third-order valence-electron chi connectivity index (χ3n) is 6.92. The minimum absolute atomic E-state index is 0.195. The van der Waals surface area contributed by atoms with Crippen molar-refractivity contribution in [3.8, 4) is 5.75 Å². The maximum atomic E-state index is 13.8. The minimum atomic E-state index is -3.60. The molecule has 2 aromatic carbocycles. The Balaban J connectivity index is 1.48. The van der Waals surface area contributed by atoms with Gasteiger partial charge in [-0.05, 0) is 73.7 Å². The molecule has 1 saturated heterocycles. The molecular weight excluding hydrogens is 520 g/mol. The van der Waals surface area contributed by atoms with Crippen molar-refractivity contribution in [1.29, 1.82) is 0 Å². The molecule has 0 N–H and O–H groups in total. The highest BCUT2D eigenvalue weighted by molar-refractivity contribution is 7.89. The molecule has 0 spiro atoms. The zero-order valence-corrected chi connectivity index (χ0v) is 23.3. The van der Waals surface area contributed by atoms with Crippen molar-refractivity contribution >= 4 is 42.6 Å². The van der Waals surface area contributed by atoms with Crippen LogP contribution in [0.1, 0.15) is 41.4 Å². The van der Waals surface area contributed by atoms with E-state index in [0.29, 0.717) is 46.7 Å². The first kappa shape index (κ1) is 26.3. The van der Waals surface area contributed by atoms with Crippen LogP contribution >= 0.6 is 11.3 Å². The lowest BCUT2D eigenvalue weighted by atomic mass is 10.0. The molecule has 2 aromatic heterocycles. The van der Waals surface area contributed by atoms with E-state index in [1.807, 2.05) is 37.3 Å². The number of piperidine rings is 1. The standard InChI is InChI=1S/C28H30N4O4S2/c1-19-13-16-31(17-14-19)38(34,35)23-10-8-21(9-11-23)27(33)32(18-22-6-4-5-15-29-22)28-30-25-24(36-3)12-7-20(2)26(25)37-28/h4-12,15,19H,13-14,16-18H2,1-3H3. The van der Waals surface area contributed by atoms with E-state index in [1.54, 1.807) is 30.3 Å². The molecule has 0 unspecified atom stereocenters. The van der Waals surface area contributed by atoms with Gasteiger partial charge in [-0.15, -0.1) is 0 Å². The van der Waals surface area contributed by atoms with Gasteiger partial charge < -0.3 is 4.74 Å². The molecule has 0 aliphatic carbocycles. The highest BCUT2D eigenvalue weighted by Gasteiger charge is 2.29. The second kappa shape index (κ2) is 10.8. The Morgan fingerprint density at radius 2 is 1.84 bits per heavy atom. The number of sulfonamides is 1. The Labute approximate surface area is 227 Å². The molecule has 3 heterocycles. The maximum absolute atomic E-state index is 13.8. The Morgan fingerprint density at radius 1 is 1.11 bits per heavy atom. The summed E-state index contributed by atoms with van der Waals surface area (Å²) in [5.74, 6) is 0.875. The molecule has 5 rings (SSSR count). The second-order valence-electron chi connectivity index (χ2n) is 9.58. The van der Waals surface area contributed by atoms with Gasteiger partial charge in [-0.1, -0.05) is 30.4 Å². The molecule has 1 aliphatic heterocycles. The number of ether oxygens (including phenoxy) is 1. The van der Waals surface area contributed by atoms with Crippen molar-refractivity contribution in [1.82, 2.24) is 14.3 Å². The summed E-state index contributed by atoms with van der Waals surface area (Å²) in [5.41, 5.74) is 2.82. The molecule has 0 radical (unpaired) electrons. The van der Waals surface area contributed by atoms with Crippen LogP contribution in [-0.4, -0.2) is 48.8 Å². The van der Waals surface area contributed by atoms with Gasteiger partial charge in [0.05, 0.1) is 28.9 Å². The van der Waals surface area contributed by atoms with Gasteiger partial charge in [-0.3, -0.25) is 14.7 Å². The summed E-state index contributed by atoms with van der Waals surface area (Å²) in [6, 6.07) is 15.6. The van der Waals surface area contributed by atoms with E-state index >= 15 is 0 Å². The zero-order valence-electron chi connectivity index (χ0n) is 21.6. The van der Waals surface area contributed by atoms with Crippen molar-refractivity contribution in [2.75, 3.05) is 25.1 Å². The molecule has 198 valence electrons. The van der Waals surface area contributed by atoms with E-state index in [-0.39, 0.29) is 17.3 Å². The van der Waals surface area contributed by atoms with Gasteiger partial charge in [0.25, 0.3) is 5.91 Å². The topological polar surface area (TPSA) is 92.7 Å². The van der Waals surface area contributed by atoms with E-state index in [9.17, 15) is 13.2 Å². The van der Waals surface area contributed by atoms with Gasteiger partial charge in [0.1, 0.15) is 11.3 Å². The Morgan fingerprint density at radius 3 is 2.50 bits per heavy atom. The van der Waals surface area contributed by atoms with Gasteiger partial charge in [-0.25, -0.2) is 13.4 Å². The van der Waals surface area contributed by atoms with Crippen LogP contribution in [0.15, 0.2) is 65.7 Å². The average Bonchev–Trinajstić information content (AvgIpc) is 3.39. The largest absolute Gasteiger partial charge is 0.494 e. The molecular formula is C28H30N4O4S2. The Kier molecular flexibility index (Phi) is 7.47. The summed E-state index contributed by atoms with van der Waals surface area (Å²) in [6.07, 6.45) is 3.39. The number of benzene rings is 2. The van der Waals surface area contributed by atoms with E-state index in [0.717, 1.165) is 23.1 Å². The smallest absolute Gasteiger partial charge is 0.260 e. The number of carbonyl (C=O) groups excluding carboxylic acids is 1. The van der Waals surface area contributed by atoms with E-state index in [2.05, 4.69) is 11.9 Å². The van der Waals surface area contributed by atoms with Crippen molar-refractivity contribution in [3.05, 3.63) is 77.6 Å². The fourth-order valence-electron chi connectivity index (χ4n) is 4.56. The fraction of sp³-hybridized carbons (Fsp3) is 0.321. The van der Waals surface area contributed by atoms with Crippen LogP contribution in [0, 0.1) is 12.8 Å². The van der Waals surface area contributed by atoms with Gasteiger partial charge >= 0.3 is 0 Å². The number of rotatable bonds is 7. The third-order valence-corrected chi connectivity index (χ3v) is 10.0. The first-order valence-electron chi connectivity index (χ1n) is 12.5. The predicted octanol–water partition coefficient (Wildman–Crippen LogP) is 5.28. The molecule has 0 bridgehead atoms. The highest BCUT2D eigenvalue weighted by atomic mass is 32.2. The maximum Gasteiger partial charge on any atom is 0.260 e. The quantitative estimate of drug-likeness (QED) is 0.311. The summed E-state index contributed by atoms with van der Waals surface area (Å²) >= 11 is 1.41. The van der Waals surface area contributed by atoms with E-state index in [1.165, 1.54) is 27.8 Å². The van der Waals surface area contributed by atoms with Gasteiger partial charge in [-0.2, -0.15) is 4.31 Å². The van der Waals surface area contributed by atoms with E-state index in [4.69, 9.17) is 9.72 Å². The normalized spacial score (nSPS) is 15.0. The molecule has 0 saturated carbocycles. The molecule has 4 aromatic rings. The van der Waals surface area contributed by atoms with Crippen LogP contribution in [0.3, 0.4) is 0 Å². The molecule has 1 fully saturated rings. The minimum Gasteiger partial charge on any atom is -0.494 e. The first-order chi connectivity index (χ1) is 18.3. The summed E-state index contributed by atoms with van der Waals surface area (Å²) < 4.78 is 34.3. The average molecular weight is 551 g/mol. The van der Waals surface area contributed by atoms with Crippen LogP contribution in [0.2, 0.25) is 0 Å².